The van der Waals surface area contributed by atoms with Crippen molar-refractivity contribution in [2.45, 2.75) is 19.6 Å². The summed E-state index contributed by atoms with van der Waals surface area (Å²) >= 11 is 0. The van der Waals surface area contributed by atoms with Crippen molar-refractivity contribution < 1.29 is 27.6 Å². The van der Waals surface area contributed by atoms with E-state index in [9.17, 15) is 18.0 Å². The van der Waals surface area contributed by atoms with E-state index in [0.717, 1.165) is 33.9 Å². The Bertz CT molecular complexity index is 776. The molecule has 0 spiro atoms. The fourth-order valence-corrected chi connectivity index (χ4v) is 2.69. The lowest BCUT2D eigenvalue weighted by atomic mass is 10.1. The second kappa shape index (κ2) is 8.23. The molecule has 0 aromatic heterocycles. The molecule has 0 bridgehead atoms. The van der Waals surface area contributed by atoms with Crippen LogP contribution < -0.4 is 15.0 Å². The number of methoxy groups -OCH3 is 1. The molecule has 0 aliphatic carbocycles. The zero-order chi connectivity index (χ0) is 19.3. The van der Waals surface area contributed by atoms with Crippen LogP contribution in [0.2, 0.25) is 0 Å². The van der Waals surface area contributed by atoms with Gasteiger partial charge in [0.2, 0.25) is 0 Å². The van der Waals surface area contributed by atoms with Gasteiger partial charge in [0.05, 0.1) is 19.7 Å². The van der Waals surface area contributed by atoms with Gasteiger partial charge in [-0.15, -0.1) is 0 Å². The van der Waals surface area contributed by atoms with Gasteiger partial charge in [0, 0.05) is 11.3 Å². The lowest BCUT2D eigenvalue weighted by Gasteiger charge is -2.16. The van der Waals surface area contributed by atoms with Gasteiger partial charge in [-0.2, -0.15) is 13.2 Å². The quantitative estimate of drug-likeness (QED) is 0.824. The van der Waals surface area contributed by atoms with Crippen LogP contribution >= 0.6 is 0 Å². The molecule has 0 radical (unpaired) electrons. The molecule has 0 aliphatic heterocycles. The molecule has 0 aliphatic rings. The van der Waals surface area contributed by atoms with Crippen molar-refractivity contribution in [3.8, 4) is 5.75 Å². The summed E-state index contributed by atoms with van der Waals surface area (Å²) in [5, 5.41) is 2.52. The van der Waals surface area contributed by atoms with Crippen LogP contribution in [0.5, 0.6) is 5.75 Å². The van der Waals surface area contributed by atoms with Gasteiger partial charge in [-0.1, -0.05) is 17.7 Å². The van der Waals surface area contributed by atoms with Crippen LogP contribution in [0.25, 0.3) is 0 Å². The number of nitrogens with one attached hydrogen (secondary N) is 2. The van der Waals surface area contributed by atoms with Crippen LogP contribution in [0.3, 0.4) is 0 Å². The minimum absolute atomic E-state index is 0.118. The molecule has 26 heavy (non-hydrogen) atoms. The molecule has 0 saturated heterocycles. The molecule has 140 valence electrons. The Morgan fingerprint density at radius 2 is 1.92 bits per heavy atom. The van der Waals surface area contributed by atoms with Gasteiger partial charge in [0.15, 0.2) is 6.54 Å². The first kappa shape index (κ1) is 19.8. The number of benzene rings is 2. The van der Waals surface area contributed by atoms with Gasteiger partial charge in [0.1, 0.15) is 12.3 Å². The first-order valence-electron chi connectivity index (χ1n) is 8.11. The highest BCUT2D eigenvalue weighted by Crippen LogP contribution is 2.30. The molecule has 1 atom stereocenters. The van der Waals surface area contributed by atoms with E-state index in [1.54, 1.807) is 7.11 Å². The van der Waals surface area contributed by atoms with E-state index in [4.69, 9.17) is 4.74 Å². The average molecular weight is 367 g/mol. The predicted octanol–water partition coefficient (Wildman–Crippen LogP) is 2.68. The number of alkyl halides is 3. The van der Waals surface area contributed by atoms with E-state index in [0.29, 0.717) is 6.54 Å². The van der Waals surface area contributed by atoms with E-state index in [-0.39, 0.29) is 18.1 Å². The first-order chi connectivity index (χ1) is 12.2. The Morgan fingerprint density at radius 3 is 2.58 bits per heavy atom. The molecule has 2 rings (SSSR count). The maximum atomic E-state index is 12.7. The minimum Gasteiger partial charge on any atom is -0.496 e. The van der Waals surface area contributed by atoms with E-state index < -0.39 is 11.7 Å². The first-order valence-corrected chi connectivity index (χ1v) is 8.11. The molecule has 1 amide bonds. The van der Waals surface area contributed by atoms with Crippen molar-refractivity contribution in [3.05, 3.63) is 59.2 Å². The van der Waals surface area contributed by atoms with Gasteiger partial charge < -0.3 is 15.0 Å². The maximum absolute atomic E-state index is 12.7. The molecular formula is C19H22F3N2O2+. The minimum atomic E-state index is -4.44. The van der Waals surface area contributed by atoms with E-state index in [1.807, 2.05) is 32.2 Å². The topological polar surface area (TPSA) is 42.8 Å². The van der Waals surface area contributed by atoms with Gasteiger partial charge in [0.25, 0.3) is 5.91 Å². The molecule has 2 aromatic rings. The fourth-order valence-electron chi connectivity index (χ4n) is 2.69. The summed E-state index contributed by atoms with van der Waals surface area (Å²) in [6.45, 7) is 2.65. The van der Waals surface area contributed by atoms with E-state index in [2.05, 4.69) is 5.32 Å². The smallest absolute Gasteiger partial charge is 0.416 e. The van der Waals surface area contributed by atoms with E-state index >= 15 is 0 Å². The number of carbonyl (C=O) groups excluding carboxylic acids is 1. The molecule has 0 heterocycles. The fraction of sp³-hybridized carbons (Fsp3) is 0.316. The number of quaternary nitrogens is 1. The summed E-state index contributed by atoms with van der Waals surface area (Å²) < 4.78 is 43.5. The number of likely N-dealkylation sites (N-methyl/N-ethyl adjacent to an activating group) is 1. The maximum Gasteiger partial charge on any atom is 0.416 e. The third-order valence-corrected chi connectivity index (χ3v) is 3.86. The molecule has 7 heteroatoms. The summed E-state index contributed by atoms with van der Waals surface area (Å²) in [5.74, 6) is 0.390. The van der Waals surface area contributed by atoms with Gasteiger partial charge >= 0.3 is 6.18 Å². The van der Waals surface area contributed by atoms with Gasteiger partial charge in [-0.05, 0) is 37.3 Å². The highest BCUT2D eigenvalue weighted by atomic mass is 19.4. The number of hydrogen-bond acceptors (Lipinski definition) is 2. The van der Waals surface area contributed by atoms with Crippen LogP contribution in [0.15, 0.2) is 42.5 Å². The Morgan fingerprint density at radius 1 is 1.19 bits per heavy atom. The largest absolute Gasteiger partial charge is 0.496 e. The number of carbonyl (C=O) groups is 1. The van der Waals surface area contributed by atoms with Crippen LogP contribution in [-0.2, 0) is 17.5 Å². The summed E-state index contributed by atoms with van der Waals surface area (Å²) in [7, 11) is 3.43. The number of ether oxygens (including phenoxy) is 1. The molecular weight excluding hydrogens is 345 g/mol. The molecule has 2 N–H and O–H groups in total. The Labute approximate surface area is 150 Å². The van der Waals surface area contributed by atoms with Crippen molar-refractivity contribution in [1.82, 2.24) is 0 Å². The van der Waals surface area contributed by atoms with E-state index in [1.165, 1.54) is 12.1 Å². The molecule has 1 unspecified atom stereocenters. The Hall–Kier alpha value is -2.54. The van der Waals surface area contributed by atoms with Crippen molar-refractivity contribution in [2.24, 2.45) is 0 Å². The zero-order valence-corrected chi connectivity index (χ0v) is 14.9. The number of hydrogen-bond donors (Lipinski definition) is 2. The highest BCUT2D eigenvalue weighted by Gasteiger charge is 2.30. The summed E-state index contributed by atoms with van der Waals surface area (Å²) in [5.41, 5.74) is 1.39. The Kier molecular flexibility index (Phi) is 6.26. The zero-order valence-electron chi connectivity index (χ0n) is 14.9. The second-order valence-corrected chi connectivity index (χ2v) is 6.25. The second-order valence-electron chi connectivity index (χ2n) is 6.25. The van der Waals surface area contributed by atoms with Crippen molar-refractivity contribution in [3.63, 3.8) is 0 Å². The molecule has 4 nitrogen and oxygen atoms in total. The summed E-state index contributed by atoms with van der Waals surface area (Å²) in [6.07, 6.45) is -4.44. The third kappa shape index (κ3) is 5.49. The highest BCUT2D eigenvalue weighted by molar-refractivity contribution is 5.91. The molecule has 2 aromatic carbocycles. The number of anilines is 1. The van der Waals surface area contributed by atoms with Gasteiger partial charge in [-0.25, -0.2) is 0 Å². The predicted molar refractivity (Wildman–Crippen MR) is 93.3 cm³/mol. The van der Waals surface area contributed by atoms with Crippen LogP contribution in [0.1, 0.15) is 16.7 Å². The lowest BCUT2D eigenvalue weighted by Crippen LogP contribution is -3.08. The SMILES string of the molecule is COc1ccc(C)cc1C[NH+](C)CC(=O)Nc1cccc(C(F)(F)F)c1. The molecule has 0 fully saturated rings. The average Bonchev–Trinajstić information content (AvgIpc) is 2.54. The summed E-state index contributed by atoms with van der Waals surface area (Å²) in [6, 6.07) is 10.4. The number of amides is 1. The number of aryl methyl sites for hydroxylation is 1. The Balaban J connectivity index is 1.99. The number of rotatable bonds is 6. The van der Waals surface area contributed by atoms with Crippen molar-refractivity contribution in [2.75, 3.05) is 26.0 Å². The van der Waals surface area contributed by atoms with Crippen LogP contribution in [0, 0.1) is 6.92 Å². The van der Waals surface area contributed by atoms with Crippen LogP contribution in [0.4, 0.5) is 18.9 Å². The van der Waals surface area contributed by atoms with Crippen molar-refractivity contribution >= 4 is 11.6 Å². The van der Waals surface area contributed by atoms with Crippen molar-refractivity contribution in [1.29, 1.82) is 0 Å². The third-order valence-electron chi connectivity index (χ3n) is 3.86. The van der Waals surface area contributed by atoms with Crippen LogP contribution in [-0.4, -0.2) is 26.6 Å². The van der Waals surface area contributed by atoms with Gasteiger partial charge in [-0.3, -0.25) is 4.79 Å². The number of halogens is 3. The lowest BCUT2D eigenvalue weighted by molar-refractivity contribution is -0.885. The molecule has 0 saturated carbocycles. The monoisotopic (exact) mass is 367 g/mol. The standard InChI is InChI=1S/C19H21F3N2O2/c1-13-7-8-17(26-3)14(9-13)11-24(2)12-18(25)23-16-6-4-5-15(10-16)19(20,21)22/h4-10H,11-12H2,1-3H3,(H,23,25)/p+1. The summed E-state index contributed by atoms with van der Waals surface area (Å²) in [4.78, 5) is 13.0. The normalized spacial score (nSPS) is 12.5.